The Bertz CT molecular complexity index is 987. The maximum atomic E-state index is 12.5. The fourth-order valence-corrected chi connectivity index (χ4v) is 3.02. The maximum absolute atomic E-state index is 12.5. The van der Waals surface area contributed by atoms with Gasteiger partial charge in [-0.2, -0.15) is 0 Å². The number of carbonyl (C=O) groups is 1. The molecular formula is C22H21N3O3. The van der Waals surface area contributed by atoms with Crippen LogP contribution >= 0.6 is 0 Å². The van der Waals surface area contributed by atoms with Gasteiger partial charge in [-0.3, -0.25) is 4.79 Å². The first-order valence-corrected chi connectivity index (χ1v) is 9.25. The number of rotatable bonds is 5. The summed E-state index contributed by atoms with van der Waals surface area (Å²) in [6.45, 7) is 3.15. The number of ether oxygens (including phenoxy) is 2. The number of amides is 1. The van der Waals surface area contributed by atoms with Gasteiger partial charge in [-0.05, 0) is 42.3 Å². The third-order valence-electron chi connectivity index (χ3n) is 4.47. The van der Waals surface area contributed by atoms with E-state index in [-0.39, 0.29) is 5.91 Å². The standard InChI is InChI=1S/C22H21N3O3/c1-2-15-5-3-4-6-18(15)24-17-7-9-19(23-14-17)22(26)25-16-8-10-20-21(13-16)28-12-11-27-20/h3-10,13-14,24H,2,11-12H2,1H3,(H,25,26). The predicted molar refractivity (Wildman–Crippen MR) is 109 cm³/mol. The number of pyridine rings is 1. The number of fused-ring (bicyclic) bond motifs is 1. The molecule has 1 aliphatic heterocycles. The van der Waals surface area contributed by atoms with Gasteiger partial charge in [0.05, 0.1) is 11.9 Å². The Morgan fingerprint density at radius 3 is 2.57 bits per heavy atom. The summed E-state index contributed by atoms with van der Waals surface area (Å²) in [5, 5.41) is 6.19. The molecule has 28 heavy (non-hydrogen) atoms. The van der Waals surface area contributed by atoms with Gasteiger partial charge in [-0.25, -0.2) is 4.98 Å². The number of benzene rings is 2. The first kappa shape index (κ1) is 17.9. The molecule has 6 nitrogen and oxygen atoms in total. The molecule has 0 radical (unpaired) electrons. The summed E-state index contributed by atoms with van der Waals surface area (Å²) in [7, 11) is 0. The Morgan fingerprint density at radius 1 is 1.00 bits per heavy atom. The van der Waals surface area contributed by atoms with Crippen molar-refractivity contribution >= 4 is 23.0 Å². The van der Waals surface area contributed by atoms with Crippen molar-refractivity contribution in [3.8, 4) is 11.5 Å². The van der Waals surface area contributed by atoms with Gasteiger partial charge in [-0.15, -0.1) is 0 Å². The van der Waals surface area contributed by atoms with E-state index < -0.39 is 0 Å². The molecule has 0 unspecified atom stereocenters. The minimum atomic E-state index is -0.280. The molecule has 0 bridgehead atoms. The Balaban J connectivity index is 1.44. The van der Waals surface area contributed by atoms with Crippen LogP contribution in [-0.2, 0) is 6.42 Å². The molecule has 0 fully saturated rings. The Kier molecular flexibility index (Phi) is 5.10. The van der Waals surface area contributed by atoms with Crippen molar-refractivity contribution in [2.24, 2.45) is 0 Å². The molecule has 0 atom stereocenters. The lowest BCUT2D eigenvalue weighted by molar-refractivity contribution is 0.102. The van der Waals surface area contributed by atoms with Gasteiger partial charge in [0.2, 0.25) is 0 Å². The van der Waals surface area contributed by atoms with Crippen LogP contribution in [0.25, 0.3) is 0 Å². The number of aryl methyl sites for hydroxylation is 1. The van der Waals surface area contributed by atoms with E-state index in [9.17, 15) is 4.79 Å². The van der Waals surface area contributed by atoms with Gasteiger partial charge >= 0.3 is 0 Å². The zero-order valence-corrected chi connectivity index (χ0v) is 15.6. The summed E-state index contributed by atoms with van der Waals surface area (Å²) in [5.74, 6) is 1.04. The van der Waals surface area contributed by atoms with Gasteiger partial charge in [0.15, 0.2) is 11.5 Å². The van der Waals surface area contributed by atoms with Crippen LogP contribution in [0.4, 0.5) is 17.1 Å². The molecule has 2 aromatic carbocycles. The van der Waals surface area contributed by atoms with E-state index >= 15 is 0 Å². The fourth-order valence-electron chi connectivity index (χ4n) is 3.02. The van der Waals surface area contributed by atoms with E-state index in [1.54, 1.807) is 30.5 Å². The highest BCUT2D eigenvalue weighted by atomic mass is 16.6. The van der Waals surface area contributed by atoms with Crippen LogP contribution in [0, 0.1) is 0 Å². The quantitative estimate of drug-likeness (QED) is 0.691. The molecule has 1 aromatic heterocycles. The summed E-state index contributed by atoms with van der Waals surface area (Å²) in [6, 6.07) is 17.0. The number of para-hydroxylation sites is 1. The van der Waals surface area contributed by atoms with Crippen molar-refractivity contribution in [3.63, 3.8) is 0 Å². The fraction of sp³-hybridized carbons (Fsp3) is 0.182. The highest BCUT2D eigenvalue weighted by Crippen LogP contribution is 2.32. The van der Waals surface area contributed by atoms with E-state index in [1.165, 1.54) is 5.56 Å². The van der Waals surface area contributed by atoms with Crippen LogP contribution in [0.5, 0.6) is 11.5 Å². The maximum Gasteiger partial charge on any atom is 0.274 e. The van der Waals surface area contributed by atoms with Crippen LogP contribution in [0.15, 0.2) is 60.8 Å². The van der Waals surface area contributed by atoms with Gasteiger partial charge in [0.1, 0.15) is 18.9 Å². The first-order valence-electron chi connectivity index (χ1n) is 9.25. The third kappa shape index (κ3) is 3.91. The topological polar surface area (TPSA) is 72.5 Å². The molecule has 0 aliphatic carbocycles. The van der Waals surface area contributed by atoms with Crippen molar-refractivity contribution in [1.29, 1.82) is 0 Å². The van der Waals surface area contributed by atoms with Crippen molar-refractivity contribution < 1.29 is 14.3 Å². The van der Waals surface area contributed by atoms with E-state index in [2.05, 4.69) is 28.6 Å². The molecule has 3 aromatic rings. The second-order valence-electron chi connectivity index (χ2n) is 6.38. The lowest BCUT2D eigenvalue weighted by Gasteiger charge is -2.19. The molecular weight excluding hydrogens is 354 g/mol. The lowest BCUT2D eigenvalue weighted by Crippen LogP contribution is -2.17. The van der Waals surface area contributed by atoms with Crippen molar-refractivity contribution in [2.75, 3.05) is 23.8 Å². The Labute approximate surface area is 163 Å². The summed E-state index contributed by atoms with van der Waals surface area (Å²) < 4.78 is 11.0. The minimum absolute atomic E-state index is 0.280. The third-order valence-corrected chi connectivity index (χ3v) is 4.47. The summed E-state index contributed by atoms with van der Waals surface area (Å²) in [5.41, 5.74) is 4.07. The molecule has 1 amide bonds. The average molecular weight is 375 g/mol. The molecule has 4 rings (SSSR count). The molecule has 0 spiro atoms. The first-order chi connectivity index (χ1) is 13.7. The SMILES string of the molecule is CCc1ccccc1Nc1ccc(C(=O)Nc2ccc3c(c2)OCCO3)nc1. The molecule has 0 saturated carbocycles. The smallest absolute Gasteiger partial charge is 0.274 e. The Hall–Kier alpha value is -3.54. The molecule has 6 heteroatoms. The van der Waals surface area contributed by atoms with Crippen molar-refractivity contribution in [3.05, 3.63) is 72.1 Å². The second kappa shape index (κ2) is 8.00. The largest absolute Gasteiger partial charge is 0.486 e. The van der Waals surface area contributed by atoms with Crippen LogP contribution < -0.4 is 20.1 Å². The summed E-state index contributed by atoms with van der Waals surface area (Å²) in [4.78, 5) is 16.8. The number of anilines is 3. The van der Waals surface area contributed by atoms with Crippen LogP contribution in [-0.4, -0.2) is 24.1 Å². The lowest BCUT2D eigenvalue weighted by atomic mass is 10.1. The van der Waals surface area contributed by atoms with Crippen LogP contribution in [0.1, 0.15) is 23.0 Å². The van der Waals surface area contributed by atoms with Crippen LogP contribution in [0.3, 0.4) is 0 Å². The zero-order chi connectivity index (χ0) is 19.3. The number of hydrogen-bond donors (Lipinski definition) is 2. The summed E-state index contributed by atoms with van der Waals surface area (Å²) in [6.07, 6.45) is 2.60. The normalized spacial score (nSPS) is 12.3. The van der Waals surface area contributed by atoms with Gasteiger partial charge in [-0.1, -0.05) is 25.1 Å². The Morgan fingerprint density at radius 2 is 1.79 bits per heavy atom. The number of aromatic nitrogens is 1. The monoisotopic (exact) mass is 375 g/mol. The molecule has 2 N–H and O–H groups in total. The number of carbonyl (C=O) groups excluding carboxylic acids is 1. The van der Waals surface area contributed by atoms with Crippen LogP contribution in [0.2, 0.25) is 0 Å². The van der Waals surface area contributed by atoms with E-state index in [0.29, 0.717) is 36.1 Å². The van der Waals surface area contributed by atoms with Gasteiger partial charge < -0.3 is 20.1 Å². The van der Waals surface area contributed by atoms with Crippen molar-refractivity contribution in [1.82, 2.24) is 4.98 Å². The predicted octanol–water partition coefficient (Wildman–Crippen LogP) is 4.41. The number of nitrogens with zero attached hydrogens (tertiary/aromatic N) is 1. The molecule has 142 valence electrons. The highest BCUT2D eigenvalue weighted by Gasteiger charge is 2.14. The minimum Gasteiger partial charge on any atom is -0.486 e. The van der Waals surface area contributed by atoms with E-state index in [1.807, 2.05) is 24.3 Å². The van der Waals surface area contributed by atoms with Gasteiger partial charge in [0.25, 0.3) is 5.91 Å². The summed E-state index contributed by atoms with van der Waals surface area (Å²) >= 11 is 0. The molecule has 0 saturated heterocycles. The van der Waals surface area contributed by atoms with E-state index in [0.717, 1.165) is 17.8 Å². The van der Waals surface area contributed by atoms with E-state index in [4.69, 9.17) is 9.47 Å². The number of hydrogen-bond acceptors (Lipinski definition) is 5. The number of nitrogens with one attached hydrogen (secondary N) is 2. The zero-order valence-electron chi connectivity index (χ0n) is 15.6. The molecule has 2 heterocycles. The van der Waals surface area contributed by atoms with Gasteiger partial charge in [0, 0.05) is 17.4 Å². The second-order valence-corrected chi connectivity index (χ2v) is 6.38. The van der Waals surface area contributed by atoms with Crippen molar-refractivity contribution in [2.45, 2.75) is 13.3 Å². The highest BCUT2D eigenvalue weighted by molar-refractivity contribution is 6.03. The molecule has 1 aliphatic rings. The average Bonchev–Trinajstić information content (AvgIpc) is 2.74.